The molecule has 102 valence electrons. The van der Waals surface area contributed by atoms with Crippen LogP contribution in [0.1, 0.15) is 17.0 Å². The Bertz CT molecular complexity index is 772. The monoisotopic (exact) mass is 302 g/mol. The van der Waals surface area contributed by atoms with E-state index in [0.29, 0.717) is 5.69 Å². The zero-order valence-corrected chi connectivity index (χ0v) is 13.1. The molecule has 4 nitrogen and oxygen atoms in total. The van der Waals surface area contributed by atoms with E-state index in [2.05, 4.69) is 15.0 Å². The van der Waals surface area contributed by atoms with E-state index in [9.17, 15) is 0 Å². The van der Waals surface area contributed by atoms with Crippen molar-refractivity contribution < 1.29 is 0 Å². The maximum absolute atomic E-state index is 6.19. The molecule has 0 radical (unpaired) electrons. The van der Waals surface area contributed by atoms with Crippen molar-refractivity contribution in [3.8, 4) is 0 Å². The van der Waals surface area contributed by atoms with E-state index in [1.807, 2.05) is 38.4 Å². The number of hydrogen-bond donors (Lipinski definition) is 1. The van der Waals surface area contributed by atoms with Crippen LogP contribution in [0.3, 0.4) is 0 Å². The molecule has 0 bridgehead atoms. The summed E-state index contributed by atoms with van der Waals surface area (Å²) in [5.74, 6) is 0. The SMILES string of the molecule is Cc1nc(Sc2ccc3scnc3c2N)nc(C)c1C. The minimum absolute atomic E-state index is 0.702. The number of anilines is 1. The summed E-state index contributed by atoms with van der Waals surface area (Å²) in [5, 5.41) is 0.729. The van der Waals surface area contributed by atoms with Crippen LogP contribution in [0, 0.1) is 20.8 Å². The van der Waals surface area contributed by atoms with Gasteiger partial charge < -0.3 is 5.73 Å². The van der Waals surface area contributed by atoms with Crippen molar-refractivity contribution in [2.24, 2.45) is 0 Å². The fraction of sp³-hybridized carbons (Fsp3) is 0.214. The highest BCUT2D eigenvalue weighted by atomic mass is 32.2. The van der Waals surface area contributed by atoms with Gasteiger partial charge >= 0.3 is 0 Å². The Hall–Kier alpha value is -1.66. The molecular weight excluding hydrogens is 288 g/mol. The van der Waals surface area contributed by atoms with Crippen LogP contribution < -0.4 is 5.73 Å². The van der Waals surface area contributed by atoms with Crippen LogP contribution in [-0.4, -0.2) is 15.0 Å². The Labute approximate surface area is 125 Å². The van der Waals surface area contributed by atoms with Crippen molar-refractivity contribution in [3.05, 3.63) is 34.6 Å². The Morgan fingerprint density at radius 2 is 1.80 bits per heavy atom. The summed E-state index contributed by atoms with van der Waals surface area (Å²) in [6, 6.07) is 4.05. The smallest absolute Gasteiger partial charge is 0.192 e. The van der Waals surface area contributed by atoms with Gasteiger partial charge in [0.2, 0.25) is 0 Å². The number of aromatic nitrogens is 3. The molecule has 0 amide bonds. The van der Waals surface area contributed by atoms with Crippen LogP contribution in [0.4, 0.5) is 5.69 Å². The lowest BCUT2D eigenvalue weighted by Crippen LogP contribution is -1.98. The minimum atomic E-state index is 0.702. The largest absolute Gasteiger partial charge is 0.396 e. The van der Waals surface area contributed by atoms with Crippen LogP contribution in [0.2, 0.25) is 0 Å². The predicted octanol–water partition coefficient (Wildman–Crippen LogP) is 3.74. The zero-order valence-electron chi connectivity index (χ0n) is 11.5. The van der Waals surface area contributed by atoms with E-state index < -0.39 is 0 Å². The normalized spacial score (nSPS) is 11.2. The van der Waals surface area contributed by atoms with Gasteiger partial charge in [0, 0.05) is 16.3 Å². The van der Waals surface area contributed by atoms with E-state index in [0.717, 1.165) is 37.2 Å². The predicted molar refractivity (Wildman–Crippen MR) is 84.4 cm³/mol. The van der Waals surface area contributed by atoms with Crippen molar-refractivity contribution in [1.82, 2.24) is 15.0 Å². The van der Waals surface area contributed by atoms with Crippen molar-refractivity contribution in [3.63, 3.8) is 0 Å². The highest BCUT2D eigenvalue weighted by molar-refractivity contribution is 7.99. The molecular formula is C14H14N4S2. The fourth-order valence-electron chi connectivity index (χ4n) is 1.91. The second-order valence-corrected chi connectivity index (χ2v) is 6.48. The van der Waals surface area contributed by atoms with Crippen molar-refractivity contribution in [2.75, 3.05) is 5.73 Å². The maximum Gasteiger partial charge on any atom is 0.192 e. The van der Waals surface area contributed by atoms with Gasteiger partial charge in [0.15, 0.2) is 5.16 Å². The van der Waals surface area contributed by atoms with Gasteiger partial charge in [0.1, 0.15) is 5.52 Å². The number of thiazole rings is 1. The van der Waals surface area contributed by atoms with Gasteiger partial charge in [-0.25, -0.2) is 15.0 Å². The van der Waals surface area contributed by atoms with E-state index >= 15 is 0 Å². The Morgan fingerprint density at radius 1 is 1.10 bits per heavy atom. The van der Waals surface area contributed by atoms with Gasteiger partial charge in [0.05, 0.1) is 15.9 Å². The third kappa shape index (κ3) is 2.25. The Morgan fingerprint density at radius 3 is 2.50 bits per heavy atom. The first-order valence-corrected chi connectivity index (χ1v) is 7.87. The standard InChI is InChI=1S/C14H14N4S2/c1-7-8(2)17-14(18-9(7)3)20-10-4-5-11-13(12(10)15)16-6-19-11/h4-6H,15H2,1-3H3. The van der Waals surface area contributed by atoms with Gasteiger partial charge in [0.25, 0.3) is 0 Å². The third-order valence-corrected chi connectivity index (χ3v) is 5.05. The molecule has 6 heteroatoms. The summed E-state index contributed by atoms with van der Waals surface area (Å²) in [6.45, 7) is 6.04. The highest BCUT2D eigenvalue weighted by Gasteiger charge is 2.11. The lowest BCUT2D eigenvalue weighted by Gasteiger charge is -2.08. The molecule has 0 saturated carbocycles. The lowest BCUT2D eigenvalue weighted by atomic mass is 10.2. The van der Waals surface area contributed by atoms with Crippen LogP contribution in [0.25, 0.3) is 10.2 Å². The molecule has 2 aromatic heterocycles. The number of hydrogen-bond acceptors (Lipinski definition) is 6. The minimum Gasteiger partial charge on any atom is -0.396 e. The molecule has 0 fully saturated rings. The molecule has 20 heavy (non-hydrogen) atoms. The fourth-order valence-corrected chi connectivity index (χ4v) is 3.51. The number of aryl methyl sites for hydroxylation is 2. The summed E-state index contributed by atoms with van der Waals surface area (Å²) in [6.07, 6.45) is 0. The lowest BCUT2D eigenvalue weighted by molar-refractivity contribution is 0.881. The molecule has 0 aliphatic carbocycles. The number of fused-ring (bicyclic) bond motifs is 1. The molecule has 2 N–H and O–H groups in total. The van der Waals surface area contributed by atoms with Gasteiger partial charge in [-0.1, -0.05) is 0 Å². The highest BCUT2D eigenvalue weighted by Crippen LogP contribution is 2.35. The van der Waals surface area contributed by atoms with Crippen LogP contribution in [0.15, 0.2) is 27.7 Å². The van der Waals surface area contributed by atoms with Gasteiger partial charge in [-0.2, -0.15) is 0 Å². The third-order valence-electron chi connectivity index (χ3n) is 3.31. The molecule has 0 saturated heterocycles. The molecule has 3 aromatic rings. The first-order valence-electron chi connectivity index (χ1n) is 6.17. The number of nitrogen functional groups attached to an aromatic ring is 1. The second-order valence-electron chi connectivity index (χ2n) is 4.58. The van der Waals surface area contributed by atoms with Crippen LogP contribution >= 0.6 is 23.1 Å². The molecule has 3 rings (SSSR count). The van der Waals surface area contributed by atoms with E-state index in [1.54, 1.807) is 11.3 Å². The van der Waals surface area contributed by atoms with Crippen molar-refractivity contribution >= 4 is 39.0 Å². The quantitative estimate of drug-likeness (QED) is 0.577. The van der Waals surface area contributed by atoms with E-state index in [-0.39, 0.29) is 0 Å². The number of benzene rings is 1. The van der Waals surface area contributed by atoms with E-state index in [4.69, 9.17) is 5.73 Å². The summed E-state index contributed by atoms with van der Waals surface area (Å²) in [4.78, 5) is 14.3. The number of nitrogens with zero attached hydrogens (tertiary/aromatic N) is 3. The average Bonchev–Trinajstić information content (AvgIpc) is 2.88. The van der Waals surface area contributed by atoms with Crippen LogP contribution in [0.5, 0.6) is 0 Å². The molecule has 0 aliphatic heterocycles. The number of rotatable bonds is 2. The molecule has 0 spiro atoms. The summed E-state index contributed by atoms with van der Waals surface area (Å²) < 4.78 is 1.10. The zero-order chi connectivity index (χ0) is 14.3. The Kier molecular flexibility index (Phi) is 3.35. The van der Waals surface area contributed by atoms with Crippen LogP contribution in [-0.2, 0) is 0 Å². The number of nitrogens with two attached hydrogens (primary N) is 1. The maximum atomic E-state index is 6.19. The summed E-state index contributed by atoms with van der Waals surface area (Å²) in [5.41, 5.74) is 12.7. The van der Waals surface area contributed by atoms with Crippen molar-refractivity contribution in [2.45, 2.75) is 30.8 Å². The average molecular weight is 302 g/mol. The summed E-state index contributed by atoms with van der Waals surface area (Å²) in [7, 11) is 0. The summed E-state index contributed by atoms with van der Waals surface area (Å²) >= 11 is 3.08. The Balaban J connectivity index is 2.03. The topological polar surface area (TPSA) is 64.7 Å². The van der Waals surface area contributed by atoms with Gasteiger partial charge in [-0.05, 0) is 50.2 Å². The first-order chi connectivity index (χ1) is 9.56. The first kappa shape index (κ1) is 13.3. The van der Waals surface area contributed by atoms with E-state index in [1.165, 1.54) is 11.8 Å². The van der Waals surface area contributed by atoms with Crippen molar-refractivity contribution in [1.29, 1.82) is 0 Å². The van der Waals surface area contributed by atoms with Gasteiger partial charge in [-0.3, -0.25) is 0 Å². The molecule has 1 aromatic carbocycles. The molecule has 2 heterocycles. The van der Waals surface area contributed by atoms with Gasteiger partial charge in [-0.15, -0.1) is 11.3 Å². The molecule has 0 aliphatic rings. The molecule has 0 unspecified atom stereocenters. The second kappa shape index (κ2) is 5.03. The molecule has 0 atom stereocenters.